The number of rotatable bonds is 6. The first-order valence-electron chi connectivity index (χ1n) is 11.4. The average molecular weight is 495 g/mol. The van der Waals surface area contributed by atoms with Crippen LogP contribution in [0.3, 0.4) is 0 Å². The number of anilines is 1. The van der Waals surface area contributed by atoms with Gasteiger partial charge in [-0.3, -0.25) is 14.9 Å². The van der Waals surface area contributed by atoms with Crippen molar-refractivity contribution in [1.82, 2.24) is 5.32 Å². The summed E-state index contributed by atoms with van der Waals surface area (Å²) in [5, 5.41) is 13.9. The Morgan fingerprint density at radius 3 is 2.46 bits per heavy atom. The third-order valence-electron chi connectivity index (χ3n) is 5.99. The first-order chi connectivity index (χ1) is 17.9. The lowest BCUT2D eigenvalue weighted by Gasteiger charge is -2.26. The van der Waals surface area contributed by atoms with E-state index in [1.165, 1.54) is 37.5 Å². The number of phenols is 1. The van der Waals surface area contributed by atoms with Gasteiger partial charge in [-0.1, -0.05) is 42.5 Å². The summed E-state index contributed by atoms with van der Waals surface area (Å²) in [7, 11) is 1.53. The molecular formula is C29H22N2O6. The van der Waals surface area contributed by atoms with Gasteiger partial charge >= 0.3 is 6.03 Å². The fourth-order valence-corrected chi connectivity index (χ4v) is 4.11. The van der Waals surface area contributed by atoms with Crippen LogP contribution in [0.5, 0.6) is 17.2 Å². The van der Waals surface area contributed by atoms with Crippen molar-refractivity contribution in [2.75, 3.05) is 12.0 Å². The SMILES string of the molecule is COc1ccc(/C=C2\C(=O)NC(=O)N(c3ccc(O)cc3)C2=O)c(OCc2cccc3ccccc23)c1. The van der Waals surface area contributed by atoms with Crippen molar-refractivity contribution in [3.8, 4) is 17.2 Å². The maximum Gasteiger partial charge on any atom is 0.335 e. The minimum absolute atomic E-state index is 0.0216. The molecule has 0 spiro atoms. The molecule has 0 aromatic heterocycles. The lowest BCUT2D eigenvalue weighted by atomic mass is 10.0. The van der Waals surface area contributed by atoms with Gasteiger partial charge < -0.3 is 14.6 Å². The molecule has 0 atom stereocenters. The van der Waals surface area contributed by atoms with E-state index in [2.05, 4.69) is 5.32 Å². The highest BCUT2D eigenvalue weighted by atomic mass is 16.5. The monoisotopic (exact) mass is 494 g/mol. The van der Waals surface area contributed by atoms with E-state index < -0.39 is 17.8 Å². The Kier molecular flexibility index (Phi) is 6.30. The lowest BCUT2D eigenvalue weighted by molar-refractivity contribution is -0.122. The third kappa shape index (κ3) is 4.72. The quantitative estimate of drug-likeness (QED) is 0.295. The van der Waals surface area contributed by atoms with E-state index >= 15 is 0 Å². The number of methoxy groups -OCH3 is 1. The molecule has 5 rings (SSSR count). The first kappa shape index (κ1) is 23.6. The van der Waals surface area contributed by atoms with E-state index in [9.17, 15) is 19.5 Å². The van der Waals surface area contributed by atoms with Gasteiger partial charge in [0.2, 0.25) is 0 Å². The molecule has 4 aromatic carbocycles. The van der Waals surface area contributed by atoms with Crippen molar-refractivity contribution in [2.24, 2.45) is 0 Å². The van der Waals surface area contributed by atoms with Crippen LogP contribution in [-0.4, -0.2) is 30.1 Å². The highest BCUT2D eigenvalue weighted by molar-refractivity contribution is 6.39. The maximum atomic E-state index is 13.2. The topological polar surface area (TPSA) is 105 Å². The molecule has 4 amide bonds. The number of hydrogen-bond acceptors (Lipinski definition) is 6. The summed E-state index contributed by atoms with van der Waals surface area (Å²) < 4.78 is 11.5. The second-order valence-electron chi connectivity index (χ2n) is 8.30. The van der Waals surface area contributed by atoms with E-state index in [1.54, 1.807) is 18.2 Å². The molecule has 1 heterocycles. The molecule has 8 nitrogen and oxygen atoms in total. The van der Waals surface area contributed by atoms with Crippen LogP contribution in [0.4, 0.5) is 10.5 Å². The Bertz CT molecular complexity index is 1550. The summed E-state index contributed by atoms with van der Waals surface area (Å²) in [6.07, 6.45) is 1.38. The molecule has 1 aliphatic heterocycles. The molecular weight excluding hydrogens is 472 g/mol. The number of fused-ring (bicyclic) bond motifs is 1. The largest absolute Gasteiger partial charge is 0.508 e. The number of benzene rings is 4. The molecule has 37 heavy (non-hydrogen) atoms. The van der Waals surface area contributed by atoms with Crippen molar-refractivity contribution in [3.63, 3.8) is 0 Å². The van der Waals surface area contributed by atoms with Gasteiger partial charge in [0.15, 0.2) is 0 Å². The number of aromatic hydroxyl groups is 1. The zero-order chi connectivity index (χ0) is 25.9. The Morgan fingerprint density at radius 2 is 1.68 bits per heavy atom. The van der Waals surface area contributed by atoms with Gasteiger partial charge in [0.05, 0.1) is 12.8 Å². The van der Waals surface area contributed by atoms with Crippen LogP contribution < -0.4 is 19.7 Å². The molecule has 184 valence electrons. The van der Waals surface area contributed by atoms with Gasteiger partial charge in [-0.15, -0.1) is 0 Å². The van der Waals surface area contributed by atoms with Crippen LogP contribution in [0.25, 0.3) is 16.8 Å². The molecule has 1 aliphatic rings. The predicted octanol–water partition coefficient (Wildman–Crippen LogP) is 4.80. The maximum absolute atomic E-state index is 13.2. The summed E-state index contributed by atoms with van der Waals surface area (Å²) in [5.41, 5.74) is 1.39. The van der Waals surface area contributed by atoms with Gasteiger partial charge in [-0.2, -0.15) is 0 Å². The Hall–Kier alpha value is -5.11. The summed E-state index contributed by atoms with van der Waals surface area (Å²) in [6.45, 7) is 0.239. The highest BCUT2D eigenvalue weighted by Crippen LogP contribution is 2.30. The number of amides is 4. The molecule has 1 saturated heterocycles. The predicted molar refractivity (Wildman–Crippen MR) is 138 cm³/mol. The number of phenolic OH excluding ortho intramolecular Hbond substituents is 1. The summed E-state index contributed by atoms with van der Waals surface area (Å²) in [4.78, 5) is 39.2. The van der Waals surface area contributed by atoms with Crippen molar-refractivity contribution in [3.05, 3.63) is 102 Å². The number of imide groups is 2. The Balaban J connectivity index is 1.49. The smallest absolute Gasteiger partial charge is 0.335 e. The molecule has 0 unspecified atom stereocenters. The zero-order valence-electron chi connectivity index (χ0n) is 19.8. The summed E-state index contributed by atoms with van der Waals surface area (Å²) >= 11 is 0. The Labute approximate surface area is 212 Å². The van der Waals surface area contributed by atoms with Crippen LogP contribution in [0.15, 0.2) is 90.5 Å². The number of urea groups is 1. The van der Waals surface area contributed by atoms with E-state index in [0.717, 1.165) is 21.2 Å². The van der Waals surface area contributed by atoms with Gasteiger partial charge in [0, 0.05) is 11.6 Å². The number of barbiturate groups is 1. The van der Waals surface area contributed by atoms with Gasteiger partial charge in [0.1, 0.15) is 29.4 Å². The van der Waals surface area contributed by atoms with Crippen LogP contribution >= 0.6 is 0 Å². The van der Waals surface area contributed by atoms with Crippen molar-refractivity contribution < 1.29 is 29.0 Å². The molecule has 0 radical (unpaired) electrons. The van der Waals surface area contributed by atoms with Crippen LogP contribution in [-0.2, 0) is 16.2 Å². The molecule has 0 aliphatic carbocycles. The van der Waals surface area contributed by atoms with Gasteiger partial charge in [0.25, 0.3) is 11.8 Å². The number of carbonyl (C=O) groups is 3. The number of ether oxygens (including phenoxy) is 2. The number of nitrogens with one attached hydrogen (secondary N) is 1. The fraction of sp³-hybridized carbons (Fsp3) is 0.0690. The van der Waals surface area contributed by atoms with Crippen LogP contribution in [0.1, 0.15) is 11.1 Å². The average Bonchev–Trinajstić information content (AvgIpc) is 2.91. The molecule has 8 heteroatoms. The Morgan fingerprint density at radius 1 is 0.919 bits per heavy atom. The molecule has 0 saturated carbocycles. The highest BCUT2D eigenvalue weighted by Gasteiger charge is 2.37. The van der Waals surface area contributed by atoms with Crippen molar-refractivity contribution in [1.29, 1.82) is 0 Å². The van der Waals surface area contributed by atoms with Gasteiger partial charge in [-0.05, 0) is 58.8 Å². The molecule has 4 aromatic rings. The first-order valence-corrected chi connectivity index (χ1v) is 11.4. The fourth-order valence-electron chi connectivity index (χ4n) is 4.11. The van der Waals surface area contributed by atoms with Gasteiger partial charge in [-0.25, -0.2) is 9.69 Å². The van der Waals surface area contributed by atoms with E-state index in [1.807, 2.05) is 42.5 Å². The van der Waals surface area contributed by atoms with E-state index in [-0.39, 0.29) is 23.6 Å². The van der Waals surface area contributed by atoms with Crippen molar-refractivity contribution in [2.45, 2.75) is 6.61 Å². The molecule has 0 bridgehead atoms. The minimum atomic E-state index is -0.875. The summed E-state index contributed by atoms with van der Waals surface area (Å²) in [5.74, 6) is -0.702. The van der Waals surface area contributed by atoms with Crippen LogP contribution in [0, 0.1) is 0 Å². The standard InChI is InChI=1S/C29H22N2O6/c1-36-23-14-9-19(26(16-23)37-17-20-7-4-6-18-5-2-3-8-24(18)20)15-25-27(33)30-29(35)31(28(25)34)21-10-12-22(32)13-11-21/h2-16,32H,17H2,1H3,(H,30,33,35)/b25-15+. The normalized spacial score (nSPS) is 14.7. The second-order valence-corrected chi connectivity index (χ2v) is 8.30. The number of carbonyl (C=O) groups excluding carboxylic acids is 3. The number of nitrogens with zero attached hydrogens (tertiary/aromatic N) is 1. The minimum Gasteiger partial charge on any atom is -0.508 e. The third-order valence-corrected chi connectivity index (χ3v) is 5.99. The van der Waals surface area contributed by atoms with Crippen molar-refractivity contribution >= 4 is 40.4 Å². The zero-order valence-corrected chi connectivity index (χ0v) is 19.8. The second kappa shape index (κ2) is 9.87. The molecule has 1 fully saturated rings. The van der Waals surface area contributed by atoms with E-state index in [0.29, 0.717) is 17.1 Å². The van der Waals surface area contributed by atoms with Crippen LogP contribution in [0.2, 0.25) is 0 Å². The van der Waals surface area contributed by atoms with E-state index in [4.69, 9.17) is 9.47 Å². The summed E-state index contributed by atoms with van der Waals surface area (Å²) in [6, 6.07) is 23.6. The molecule has 2 N–H and O–H groups in total. The lowest BCUT2D eigenvalue weighted by Crippen LogP contribution is -2.54. The number of hydrogen-bond donors (Lipinski definition) is 2.